The minimum absolute atomic E-state index is 0.0107. The van der Waals surface area contributed by atoms with Gasteiger partial charge in [-0.25, -0.2) is 13.1 Å². The third kappa shape index (κ3) is 11.0. The molecule has 298 valence electrons. The highest BCUT2D eigenvalue weighted by Crippen LogP contribution is 2.39. The summed E-state index contributed by atoms with van der Waals surface area (Å²) in [7, 11) is 0.117. The van der Waals surface area contributed by atoms with Crippen LogP contribution in [-0.4, -0.2) is 88.2 Å². The van der Waals surface area contributed by atoms with Crippen molar-refractivity contribution in [1.82, 2.24) is 14.9 Å². The molecule has 1 heterocycles. The van der Waals surface area contributed by atoms with Crippen molar-refractivity contribution < 1.29 is 37.2 Å². The summed E-state index contributed by atoms with van der Waals surface area (Å²) < 4.78 is 40.8. The van der Waals surface area contributed by atoms with Gasteiger partial charge in [-0.15, -0.1) is 11.8 Å². The molecule has 3 N–H and O–H groups in total. The lowest BCUT2D eigenvalue weighted by Crippen LogP contribution is -2.43. The van der Waals surface area contributed by atoms with E-state index in [4.69, 9.17) is 9.47 Å². The average Bonchev–Trinajstić information content (AvgIpc) is 3.72. The Morgan fingerprint density at radius 3 is 2.43 bits per heavy atom. The molecule has 0 bridgehead atoms. The number of allylic oxidation sites excluding steroid dienone is 2. The molecule has 1 saturated heterocycles. The maximum Gasteiger partial charge on any atom is 0.293 e. The van der Waals surface area contributed by atoms with Crippen LogP contribution >= 0.6 is 11.8 Å². The number of rotatable bonds is 18. The van der Waals surface area contributed by atoms with E-state index in [-0.39, 0.29) is 48.8 Å². The zero-order valence-electron chi connectivity index (χ0n) is 31.5. The van der Waals surface area contributed by atoms with Crippen LogP contribution < -0.4 is 20.1 Å². The monoisotopic (exact) mass is 805 g/mol. The number of carbonyl (C=O) groups excluding carboxylic acids is 3. The van der Waals surface area contributed by atoms with E-state index in [0.717, 1.165) is 35.4 Å². The van der Waals surface area contributed by atoms with Gasteiger partial charge in [0.1, 0.15) is 11.4 Å². The first-order valence-corrected chi connectivity index (χ1v) is 20.7. The van der Waals surface area contributed by atoms with Gasteiger partial charge in [0.15, 0.2) is 0 Å². The van der Waals surface area contributed by atoms with E-state index in [1.54, 1.807) is 45.5 Å². The lowest BCUT2D eigenvalue weighted by molar-refractivity contribution is -0.384. The number of amides is 3. The molecule has 16 heteroatoms. The Kier molecular flexibility index (Phi) is 14.3. The molecule has 14 nitrogen and oxygen atoms in total. The smallest absolute Gasteiger partial charge is 0.293 e. The van der Waals surface area contributed by atoms with Crippen molar-refractivity contribution in [3.05, 3.63) is 113 Å². The molecule has 2 aliphatic rings. The number of anilines is 1. The quantitative estimate of drug-likeness (QED) is 0.0644. The van der Waals surface area contributed by atoms with Gasteiger partial charge in [-0.1, -0.05) is 60.7 Å². The lowest BCUT2D eigenvalue weighted by atomic mass is 9.76. The van der Waals surface area contributed by atoms with Gasteiger partial charge in [-0.2, -0.15) is 0 Å². The van der Waals surface area contributed by atoms with Crippen molar-refractivity contribution in [3.63, 3.8) is 0 Å². The van der Waals surface area contributed by atoms with E-state index in [9.17, 15) is 32.9 Å². The number of hydrogen-bond acceptors (Lipinski definition) is 11. The van der Waals surface area contributed by atoms with E-state index in [2.05, 4.69) is 15.4 Å². The number of methoxy groups -OCH3 is 1. The zero-order valence-corrected chi connectivity index (χ0v) is 33.1. The van der Waals surface area contributed by atoms with E-state index in [0.29, 0.717) is 24.7 Å². The molecule has 0 spiro atoms. The summed E-state index contributed by atoms with van der Waals surface area (Å²) in [4.78, 5) is 53.1. The SMILES string of the molecule is COc1ccccc1C1C=CC(CCC(=O)NCC2CCCO2)(C(=O)NS(=O)(=O)c2ccc(N[C@@H](CSc3ccccc3)CC(=O)N(C)C)c([N+](=O)[O-])c2)C=C1. The molecule has 1 unspecified atom stereocenters. The normalized spacial score (nSPS) is 19.5. The van der Waals surface area contributed by atoms with Gasteiger partial charge in [0.2, 0.25) is 17.7 Å². The minimum atomic E-state index is -4.66. The number of hydrogen-bond donors (Lipinski definition) is 3. The van der Waals surface area contributed by atoms with Crippen molar-refractivity contribution in [1.29, 1.82) is 0 Å². The molecule has 1 aliphatic carbocycles. The lowest BCUT2D eigenvalue weighted by Gasteiger charge is -2.30. The molecule has 56 heavy (non-hydrogen) atoms. The molecular weight excluding hydrogens is 759 g/mol. The Labute approximate surface area is 331 Å². The van der Waals surface area contributed by atoms with Gasteiger partial charge in [0.05, 0.1) is 28.4 Å². The molecule has 5 rings (SSSR count). The zero-order chi connectivity index (χ0) is 40.3. The number of sulfonamides is 1. The number of nitrogens with one attached hydrogen (secondary N) is 3. The highest BCUT2D eigenvalue weighted by molar-refractivity contribution is 7.99. The van der Waals surface area contributed by atoms with Crippen LogP contribution in [0.5, 0.6) is 5.75 Å². The highest BCUT2D eigenvalue weighted by Gasteiger charge is 2.39. The van der Waals surface area contributed by atoms with Crippen molar-refractivity contribution in [2.24, 2.45) is 5.41 Å². The van der Waals surface area contributed by atoms with Crippen LogP contribution in [0.25, 0.3) is 0 Å². The van der Waals surface area contributed by atoms with Crippen LogP contribution in [0.4, 0.5) is 11.4 Å². The fraction of sp³-hybridized carbons (Fsp3) is 0.375. The predicted molar refractivity (Wildman–Crippen MR) is 214 cm³/mol. The number of thioether (sulfide) groups is 1. The van der Waals surface area contributed by atoms with Gasteiger partial charge in [0.25, 0.3) is 15.7 Å². The number of nitrogens with zero attached hydrogens (tertiary/aromatic N) is 2. The van der Waals surface area contributed by atoms with Crippen LogP contribution in [0.1, 0.15) is 43.6 Å². The van der Waals surface area contributed by atoms with Gasteiger partial charge >= 0.3 is 0 Å². The second-order valence-corrected chi connectivity index (χ2v) is 16.6. The molecule has 0 aromatic heterocycles. The number of nitro groups is 1. The summed E-state index contributed by atoms with van der Waals surface area (Å²) in [5.74, 6) is -0.747. The molecule has 1 fully saturated rings. The van der Waals surface area contributed by atoms with Gasteiger partial charge in [-0.05, 0) is 49.6 Å². The van der Waals surface area contributed by atoms with Gasteiger partial charge in [-0.3, -0.25) is 24.5 Å². The van der Waals surface area contributed by atoms with Crippen molar-refractivity contribution in [2.45, 2.75) is 60.0 Å². The Hall–Kier alpha value is -5.19. The third-order valence-electron chi connectivity index (χ3n) is 9.62. The summed E-state index contributed by atoms with van der Waals surface area (Å²) >= 11 is 1.46. The van der Waals surface area contributed by atoms with Gasteiger partial charge in [0, 0.05) is 74.3 Å². The first-order chi connectivity index (χ1) is 26.8. The topological polar surface area (TPSA) is 186 Å². The molecule has 3 aromatic rings. The second kappa shape index (κ2) is 19.1. The summed E-state index contributed by atoms with van der Waals surface area (Å²) in [5, 5.41) is 18.2. The first kappa shape index (κ1) is 42.0. The van der Waals surface area contributed by atoms with Crippen LogP contribution in [0.3, 0.4) is 0 Å². The number of ether oxygens (including phenoxy) is 2. The summed E-state index contributed by atoms with van der Waals surface area (Å²) in [5.41, 5.74) is -1.27. The number of para-hydroxylation sites is 1. The fourth-order valence-electron chi connectivity index (χ4n) is 6.40. The molecule has 3 aromatic carbocycles. The molecule has 0 radical (unpaired) electrons. The van der Waals surface area contributed by atoms with Crippen molar-refractivity contribution in [2.75, 3.05) is 45.4 Å². The minimum Gasteiger partial charge on any atom is -0.496 e. The summed E-state index contributed by atoms with van der Waals surface area (Å²) in [6.45, 7) is 0.964. The van der Waals surface area contributed by atoms with E-state index < -0.39 is 42.9 Å². The van der Waals surface area contributed by atoms with Crippen molar-refractivity contribution >= 4 is 50.9 Å². The Morgan fingerprint density at radius 2 is 1.77 bits per heavy atom. The fourth-order valence-corrected chi connectivity index (χ4v) is 8.41. The van der Waals surface area contributed by atoms with Crippen LogP contribution in [0.15, 0.2) is 107 Å². The Morgan fingerprint density at radius 1 is 1.05 bits per heavy atom. The molecule has 3 amide bonds. The van der Waals surface area contributed by atoms with Crippen LogP contribution in [0.2, 0.25) is 0 Å². The Bertz CT molecular complexity index is 2040. The Balaban J connectivity index is 1.37. The molecule has 0 saturated carbocycles. The largest absolute Gasteiger partial charge is 0.496 e. The molecular formula is C40H47N5O9S2. The standard InChI is InChI=1S/C40H47N5O9S2/c1-44(2)38(47)24-29(27-55-31-11-5-4-6-12-31)42-34-16-15-32(25-35(34)45(49)50)56(51,52)43-39(48)40(22-19-37(46)41-26-30-10-9-23-54-30)20-17-28(18-21-40)33-13-7-8-14-36(33)53-3/h4-8,11-18,20-21,25,28-30,42H,9-10,19,22-24,26-27H2,1-3H3,(H,41,46)(H,43,48)/t28?,29-,30?,40?/m1/s1. The van der Waals surface area contributed by atoms with E-state index >= 15 is 0 Å². The molecule has 2 atom stereocenters. The average molecular weight is 806 g/mol. The highest BCUT2D eigenvalue weighted by atomic mass is 32.2. The summed E-state index contributed by atoms with van der Waals surface area (Å²) in [6, 6.07) is 19.6. The van der Waals surface area contributed by atoms with E-state index in [1.165, 1.54) is 22.7 Å². The number of nitro benzene ring substituents is 1. The number of carbonyl (C=O) groups is 3. The number of benzene rings is 3. The molecule has 1 aliphatic heterocycles. The van der Waals surface area contributed by atoms with Crippen LogP contribution in [-0.2, 0) is 29.1 Å². The first-order valence-electron chi connectivity index (χ1n) is 18.2. The van der Waals surface area contributed by atoms with Gasteiger partial charge < -0.3 is 25.0 Å². The third-order valence-corrected chi connectivity index (χ3v) is 12.1. The predicted octanol–water partition coefficient (Wildman–Crippen LogP) is 5.43. The summed E-state index contributed by atoms with van der Waals surface area (Å²) in [6.07, 6.45) is 8.21. The maximum absolute atomic E-state index is 14.1. The van der Waals surface area contributed by atoms with E-state index in [1.807, 2.05) is 54.6 Å². The van der Waals surface area contributed by atoms with Crippen molar-refractivity contribution in [3.8, 4) is 5.75 Å². The second-order valence-electron chi connectivity index (χ2n) is 13.8. The maximum atomic E-state index is 14.1. The van der Waals surface area contributed by atoms with Crippen LogP contribution in [0, 0.1) is 15.5 Å².